The minimum absolute atomic E-state index is 0.0440. The van der Waals surface area contributed by atoms with Crippen molar-refractivity contribution in [2.45, 2.75) is 26.7 Å². The zero-order valence-electron chi connectivity index (χ0n) is 17.0. The monoisotopic (exact) mass is 419 g/mol. The van der Waals surface area contributed by atoms with Gasteiger partial charge in [-0.2, -0.15) is 0 Å². The highest BCUT2D eigenvalue weighted by Gasteiger charge is 2.22. The Kier molecular flexibility index (Phi) is 8.33. The number of benzene rings is 1. The van der Waals surface area contributed by atoms with Crippen LogP contribution in [0.1, 0.15) is 37.0 Å². The normalized spacial score (nSPS) is 13.0. The van der Waals surface area contributed by atoms with Crippen molar-refractivity contribution in [2.75, 3.05) is 37.7 Å². The van der Waals surface area contributed by atoms with E-state index in [4.69, 9.17) is 4.74 Å². The van der Waals surface area contributed by atoms with E-state index >= 15 is 0 Å². The molecule has 10 nitrogen and oxygen atoms in total. The molecule has 1 fully saturated rings. The Balaban J connectivity index is 1.84. The Morgan fingerprint density at radius 1 is 1.10 bits per heavy atom. The molecule has 1 aliphatic heterocycles. The number of carbonyl (C=O) groups excluding carboxylic acids is 5. The van der Waals surface area contributed by atoms with Gasteiger partial charge in [0.1, 0.15) is 6.54 Å². The van der Waals surface area contributed by atoms with Gasteiger partial charge in [-0.05, 0) is 44.5 Å². The van der Waals surface area contributed by atoms with E-state index in [9.17, 15) is 24.0 Å². The van der Waals surface area contributed by atoms with Crippen LogP contribution >= 0.6 is 0 Å². The lowest BCUT2D eigenvalue weighted by atomic mass is 10.2. The number of hydrogen-bond donors (Lipinski definition) is 1. The Morgan fingerprint density at radius 3 is 2.37 bits per heavy atom. The van der Waals surface area contributed by atoms with Crippen LogP contribution in [0.25, 0.3) is 0 Å². The first-order valence-electron chi connectivity index (χ1n) is 9.67. The molecule has 0 unspecified atom stereocenters. The summed E-state index contributed by atoms with van der Waals surface area (Å²) in [6, 6.07) is 6.36. The zero-order chi connectivity index (χ0) is 22.1. The van der Waals surface area contributed by atoms with Crippen LogP contribution in [0, 0.1) is 0 Å². The fourth-order valence-electron chi connectivity index (χ4n) is 2.87. The van der Waals surface area contributed by atoms with Crippen LogP contribution in [-0.2, 0) is 23.9 Å². The van der Waals surface area contributed by atoms with Crippen LogP contribution in [0.4, 0.5) is 10.5 Å². The summed E-state index contributed by atoms with van der Waals surface area (Å²) in [5.41, 5.74) is 0.941. The lowest BCUT2D eigenvalue weighted by molar-refractivity contribution is -0.138. The number of esters is 1. The van der Waals surface area contributed by atoms with Gasteiger partial charge in [0.05, 0.1) is 12.2 Å². The largest absolute Gasteiger partial charge is 0.452 e. The second-order valence-electron chi connectivity index (χ2n) is 6.45. The number of imide groups is 1. The lowest BCUT2D eigenvalue weighted by Gasteiger charge is -2.20. The number of alkyl carbamates (subject to hydrolysis) is 1. The van der Waals surface area contributed by atoms with Crippen LogP contribution in [0.15, 0.2) is 24.3 Å². The summed E-state index contributed by atoms with van der Waals surface area (Å²) in [6.45, 7) is 3.27. The number of amides is 4. The molecule has 30 heavy (non-hydrogen) atoms. The van der Waals surface area contributed by atoms with E-state index in [0.29, 0.717) is 18.7 Å². The number of anilines is 1. The number of ether oxygens (including phenoxy) is 2. The minimum Gasteiger partial charge on any atom is -0.452 e. The van der Waals surface area contributed by atoms with Crippen LogP contribution in [-0.4, -0.2) is 67.5 Å². The van der Waals surface area contributed by atoms with Crippen molar-refractivity contribution in [3.05, 3.63) is 29.8 Å². The molecule has 10 heteroatoms. The molecule has 1 aromatic carbocycles. The van der Waals surface area contributed by atoms with E-state index in [0.717, 1.165) is 11.3 Å². The number of rotatable bonds is 8. The van der Waals surface area contributed by atoms with Crippen molar-refractivity contribution in [2.24, 2.45) is 0 Å². The van der Waals surface area contributed by atoms with Crippen molar-refractivity contribution < 1.29 is 33.4 Å². The number of carbonyl (C=O) groups is 5. The Bertz CT molecular complexity index is 807. The SMILES string of the molecule is CCOC(=O)NC(=O)CN(CC)C(=O)COC(=O)c1ccc(N2CCCC2=O)cc1. The average Bonchev–Trinajstić information content (AvgIpc) is 3.16. The first-order valence-corrected chi connectivity index (χ1v) is 9.67. The molecule has 2 rings (SSSR count). The molecule has 0 atom stereocenters. The first-order chi connectivity index (χ1) is 14.3. The summed E-state index contributed by atoms with van der Waals surface area (Å²) in [6.07, 6.45) is 0.421. The summed E-state index contributed by atoms with van der Waals surface area (Å²) in [7, 11) is 0. The van der Waals surface area contributed by atoms with E-state index in [1.807, 2.05) is 5.32 Å². The van der Waals surface area contributed by atoms with Gasteiger partial charge in [0.2, 0.25) is 11.8 Å². The zero-order valence-corrected chi connectivity index (χ0v) is 17.0. The summed E-state index contributed by atoms with van der Waals surface area (Å²) in [4.78, 5) is 62.0. The average molecular weight is 419 g/mol. The smallest absolute Gasteiger partial charge is 0.413 e. The number of likely N-dealkylation sites (N-methyl/N-ethyl adjacent to an activating group) is 1. The molecule has 0 saturated carbocycles. The van der Waals surface area contributed by atoms with Gasteiger partial charge in [-0.15, -0.1) is 0 Å². The molecule has 1 aromatic rings. The third-order valence-corrected chi connectivity index (χ3v) is 4.40. The molecule has 4 amide bonds. The van der Waals surface area contributed by atoms with Gasteiger partial charge in [-0.25, -0.2) is 9.59 Å². The van der Waals surface area contributed by atoms with Gasteiger partial charge in [-0.3, -0.25) is 19.7 Å². The number of nitrogens with one attached hydrogen (secondary N) is 1. The number of nitrogens with zero attached hydrogens (tertiary/aromatic N) is 2. The molecule has 1 aliphatic rings. The highest BCUT2D eigenvalue weighted by molar-refractivity contribution is 5.97. The molecule has 1 N–H and O–H groups in total. The second kappa shape index (κ2) is 10.9. The quantitative estimate of drug-likeness (QED) is 0.626. The maximum absolute atomic E-state index is 12.2. The molecule has 0 aliphatic carbocycles. The maximum Gasteiger partial charge on any atom is 0.413 e. The van der Waals surface area contributed by atoms with E-state index in [2.05, 4.69) is 4.74 Å². The van der Waals surface area contributed by atoms with Crippen molar-refractivity contribution in [3.63, 3.8) is 0 Å². The summed E-state index contributed by atoms with van der Waals surface area (Å²) < 4.78 is 9.62. The summed E-state index contributed by atoms with van der Waals surface area (Å²) >= 11 is 0. The van der Waals surface area contributed by atoms with E-state index in [-0.39, 0.29) is 31.2 Å². The fraction of sp³-hybridized carbons (Fsp3) is 0.450. The number of hydrogen-bond acceptors (Lipinski definition) is 7. The predicted octanol–water partition coefficient (Wildman–Crippen LogP) is 1.09. The van der Waals surface area contributed by atoms with Crippen molar-refractivity contribution in [1.82, 2.24) is 10.2 Å². The molecular formula is C20H25N3O7. The van der Waals surface area contributed by atoms with Gasteiger partial charge in [0.25, 0.3) is 5.91 Å². The summed E-state index contributed by atoms with van der Waals surface area (Å²) in [5.74, 6) is -1.94. The van der Waals surface area contributed by atoms with Gasteiger partial charge < -0.3 is 19.3 Å². The van der Waals surface area contributed by atoms with Crippen LogP contribution < -0.4 is 10.2 Å². The van der Waals surface area contributed by atoms with Crippen LogP contribution in [0.3, 0.4) is 0 Å². The van der Waals surface area contributed by atoms with Gasteiger partial charge >= 0.3 is 12.1 Å². The second-order valence-corrected chi connectivity index (χ2v) is 6.45. The van der Waals surface area contributed by atoms with Gasteiger partial charge in [0.15, 0.2) is 6.61 Å². The van der Waals surface area contributed by atoms with Crippen molar-refractivity contribution in [3.8, 4) is 0 Å². The topological polar surface area (TPSA) is 122 Å². The third-order valence-electron chi connectivity index (χ3n) is 4.40. The Morgan fingerprint density at radius 2 is 1.80 bits per heavy atom. The predicted molar refractivity (Wildman–Crippen MR) is 106 cm³/mol. The fourth-order valence-corrected chi connectivity index (χ4v) is 2.87. The van der Waals surface area contributed by atoms with Crippen molar-refractivity contribution in [1.29, 1.82) is 0 Å². The molecule has 0 aromatic heterocycles. The molecule has 1 heterocycles. The van der Waals surface area contributed by atoms with E-state index in [1.54, 1.807) is 30.9 Å². The Labute approximate surface area is 174 Å². The highest BCUT2D eigenvalue weighted by atomic mass is 16.5. The molecule has 1 saturated heterocycles. The highest BCUT2D eigenvalue weighted by Crippen LogP contribution is 2.21. The Hall–Kier alpha value is -3.43. The molecule has 162 valence electrons. The van der Waals surface area contributed by atoms with Crippen LogP contribution in [0.2, 0.25) is 0 Å². The molecular weight excluding hydrogens is 394 g/mol. The first kappa shape index (κ1) is 22.9. The lowest BCUT2D eigenvalue weighted by Crippen LogP contribution is -2.44. The van der Waals surface area contributed by atoms with Crippen LogP contribution in [0.5, 0.6) is 0 Å². The molecule has 0 bridgehead atoms. The maximum atomic E-state index is 12.2. The van der Waals surface area contributed by atoms with E-state index in [1.165, 1.54) is 12.1 Å². The van der Waals surface area contributed by atoms with Gasteiger partial charge in [-0.1, -0.05) is 0 Å². The molecule has 0 radical (unpaired) electrons. The van der Waals surface area contributed by atoms with Gasteiger partial charge in [0, 0.05) is 25.2 Å². The summed E-state index contributed by atoms with van der Waals surface area (Å²) in [5, 5.41) is 1.99. The van der Waals surface area contributed by atoms with Crippen molar-refractivity contribution >= 4 is 35.5 Å². The van der Waals surface area contributed by atoms with E-state index < -0.39 is 30.5 Å². The third kappa shape index (κ3) is 6.29. The standard InChI is InChI=1S/C20H25N3O7/c1-3-22(12-16(24)21-20(28)29-4-2)18(26)13-30-19(27)14-7-9-15(10-8-14)23-11-5-6-17(23)25/h7-10H,3-6,11-13H2,1-2H3,(H,21,24,28). The molecule has 0 spiro atoms. The minimum atomic E-state index is -0.892.